The molecule has 3 heterocycles. The average molecular weight is 561 g/mol. The number of anilines is 2. The predicted octanol–water partition coefficient (Wildman–Crippen LogP) is 5.37. The highest BCUT2D eigenvalue weighted by Gasteiger charge is 2.46. The Morgan fingerprint density at radius 1 is 1.28 bits per heavy atom. The van der Waals surface area contributed by atoms with Crippen molar-refractivity contribution in [3.63, 3.8) is 0 Å². The number of ketones is 1. The number of aromatic nitrogens is 2. The lowest BCUT2D eigenvalue weighted by Crippen LogP contribution is -2.42. The molecule has 3 N–H and O–H groups in total. The number of nitriles is 1. The van der Waals surface area contributed by atoms with Gasteiger partial charge in [0.25, 0.3) is 0 Å². The third kappa shape index (κ3) is 5.35. The summed E-state index contributed by atoms with van der Waals surface area (Å²) in [6, 6.07) is 13.4. The highest BCUT2D eigenvalue weighted by molar-refractivity contribution is 8.01. The first-order valence-electron chi connectivity index (χ1n) is 12.6. The fourth-order valence-electron chi connectivity index (χ4n) is 4.97. The Kier molecular flexibility index (Phi) is 7.34. The number of Topliss-reactive ketones (excluding diaryl/α,β-unsaturated/α-hetero) is 1. The number of allylic oxidation sites excluding steroid dienone is 3. The Labute approximate surface area is 234 Å². The number of thioether (sulfide) groups is 1. The van der Waals surface area contributed by atoms with Crippen molar-refractivity contribution in [3.8, 4) is 6.07 Å². The quantitative estimate of drug-likeness (QED) is 0.365. The van der Waals surface area contributed by atoms with Crippen LogP contribution in [-0.2, 0) is 16.0 Å². The van der Waals surface area contributed by atoms with Gasteiger partial charge in [0.05, 0.1) is 29.6 Å². The Bertz CT molecular complexity index is 1510. The maximum Gasteiger partial charge on any atom is 0.234 e. The van der Waals surface area contributed by atoms with E-state index in [2.05, 4.69) is 28.5 Å². The molecule has 1 atom stereocenters. The van der Waals surface area contributed by atoms with E-state index in [1.807, 2.05) is 38.1 Å². The van der Waals surface area contributed by atoms with Gasteiger partial charge in [0.15, 0.2) is 10.1 Å². The zero-order chi connectivity index (χ0) is 27.7. The van der Waals surface area contributed by atoms with Gasteiger partial charge in [-0.2, -0.15) is 5.26 Å². The molecule has 1 aromatic carbocycles. The van der Waals surface area contributed by atoms with Crippen molar-refractivity contribution in [2.45, 2.75) is 50.3 Å². The zero-order valence-corrected chi connectivity index (χ0v) is 23.5. The van der Waals surface area contributed by atoms with Gasteiger partial charge in [-0.1, -0.05) is 56.0 Å². The molecule has 0 spiro atoms. The highest BCUT2D eigenvalue weighted by atomic mass is 32.2. The van der Waals surface area contributed by atoms with Crippen LogP contribution in [0.3, 0.4) is 0 Å². The molecule has 5 rings (SSSR count). The number of benzene rings is 1. The van der Waals surface area contributed by atoms with E-state index in [4.69, 9.17) is 10.2 Å². The van der Waals surface area contributed by atoms with E-state index in [0.717, 1.165) is 12.1 Å². The second-order valence-electron chi connectivity index (χ2n) is 10.2. The number of furan rings is 1. The first-order valence-corrected chi connectivity index (χ1v) is 14.4. The van der Waals surface area contributed by atoms with Crippen molar-refractivity contribution in [2.24, 2.45) is 11.1 Å². The molecule has 2 aromatic heterocycles. The number of nitrogens with zero attached hydrogens (tertiary/aromatic N) is 4. The van der Waals surface area contributed by atoms with Crippen LogP contribution in [-0.4, -0.2) is 27.6 Å². The summed E-state index contributed by atoms with van der Waals surface area (Å²) in [4.78, 5) is 27.7. The Balaban J connectivity index is 1.41. The molecule has 3 aromatic rings. The van der Waals surface area contributed by atoms with Gasteiger partial charge in [-0.25, -0.2) is 0 Å². The van der Waals surface area contributed by atoms with Gasteiger partial charge in [-0.05, 0) is 48.1 Å². The summed E-state index contributed by atoms with van der Waals surface area (Å²) < 4.78 is 6.22. The van der Waals surface area contributed by atoms with E-state index in [0.29, 0.717) is 39.3 Å². The minimum absolute atomic E-state index is 0.0457. The summed E-state index contributed by atoms with van der Waals surface area (Å²) in [6.45, 7) is 6.14. The molecule has 1 amide bonds. The average Bonchev–Trinajstić information content (AvgIpc) is 3.59. The fourth-order valence-corrected chi connectivity index (χ4v) is 6.65. The summed E-state index contributed by atoms with van der Waals surface area (Å²) in [6.07, 6.45) is 3.37. The van der Waals surface area contributed by atoms with Gasteiger partial charge in [0.2, 0.25) is 11.0 Å². The number of nitrogens with one attached hydrogen (secondary N) is 1. The van der Waals surface area contributed by atoms with Crippen molar-refractivity contribution in [1.29, 1.82) is 5.26 Å². The monoisotopic (exact) mass is 560 g/mol. The molecule has 1 unspecified atom stereocenters. The summed E-state index contributed by atoms with van der Waals surface area (Å²) in [5, 5.41) is 22.0. The molecule has 2 aliphatic rings. The third-order valence-corrected chi connectivity index (χ3v) is 8.81. The minimum Gasteiger partial charge on any atom is -0.468 e. The van der Waals surface area contributed by atoms with E-state index in [-0.39, 0.29) is 34.3 Å². The smallest absolute Gasteiger partial charge is 0.234 e. The topological polar surface area (TPSA) is 138 Å². The molecule has 1 aliphatic heterocycles. The molecule has 11 heteroatoms. The van der Waals surface area contributed by atoms with Gasteiger partial charge < -0.3 is 15.5 Å². The predicted molar refractivity (Wildman–Crippen MR) is 151 cm³/mol. The first kappa shape index (κ1) is 26.7. The molecule has 0 bridgehead atoms. The largest absolute Gasteiger partial charge is 0.468 e. The summed E-state index contributed by atoms with van der Waals surface area (Å²) in [7, 11) is 0. The van der Waals surface area contributed by atoms with Gasteiger partial charge in [-0.3, -0.25) is 14.5 Å². The minimum atomic E-state index is -0.670. The fraction of sp³-hybridized carbons (Fsp3) is 0.321. The molecule has 9 nitrogen and oxygen atoms in total. The van der Waals surface area contributed by atoms with Crippen LogP contribution in [0.2, 0.25) is 0 Å². The summed E-state index contributed by atoms with van der Waals surface area (Å²) in [5.41, 5.74) is 9.68. The van der Waals surface area contributed by atoms with E-state index in [1.54, 1.807) is 17.0 Å². The van der Waals surface area contributed by atoms with Crippen LogP contribution in [0.25, 0.3) is 0 Å². The SMILES string of the molecule is CCc1ccc(NC(=O)CSc2nnc(N3C(N)=C(C#N)C(c4ccco4)C4=C3CC(C)(C)CC4=O)s2)cc1. The van der Waals surface area contributed by atoms with Gasteiger partial charge >= 0.3 is 0 Å². The normalized spacial score (nSPS) is 18.7. The standard InChI is InChI=1S/C28H28N6O3S2/c1-4-16-7-9-17(10-8-16)31-22(36)15-38-27-33-32-26(39-27)34-19-12-28(2,3)13-20(35)24(19)23(18(14-29)25(34)30)21-6-5-11-37-21/h5-11,23H,4,12-13,15,30H2,1-3H3,(H,31,36). The number of amides is 1. The number of carbonyl (C=O) groups excluding carboxylic acids is 2. The zero-order valence-electron chi connectivity index (χ0n) is 21.9. The van der Waals surface area contributed by atoms with Crippen molar-refractivity contribution in [3.05, 3.63) is 76.6 Å². The van der Waals surface area contributed by atoms with Gasteiger partial charge in [-0.15, -0.1) is 10.2 Å². The maximum atomic E-state index is 13.5. The Morgan fingerprint density at radius 3 is 2.72 bits per heavy atom. The molecular weight excluding hydrogens is 532 g/mol. The lowest BCUT2D eigenvalue weighted by atomic mass is 9.69. The van der Waals surface area contributed by atoms with Crippen LogP contribution >= 0.6 is 23.1 Å². The lowest BCUT2D eigenvalue weighted by molar-refractivity contribution is -0.118. The number of carbonyl (C=O) groups is 2. The van der Waals surface area contributed by atoms with Crippen molar-refractivity contribution in [1.82, 2.24) is 10.2 Å². The van der Waals surface area contributed by atoms with E-state index in [1.165, 1.54) is 34.9 Å². The number of hydrogen-bond donors (Lipinski definition) is 2. The number of hydrogen-bond acceptors (Lipinski definition) is 10. The van der Waals surface area contributed by atoms with Gasteiger partial charge in [0.1, 0.15) is 11.6 Å². The summed E-state index contributed by atoms with van der Waals surface area (Å²) in [5.74, 6) is -0.0232. The summed E-state index contributed by atoms with van der Waals surface area (Å²) >= 11 is 2.52. The second kappa shape index (κ2) is 10.7. The van der Waals surface area contributed by atoms with Crippen molar-refractivity contribution < 1.29 is 14.0 Å². The van der Waals surface area contributed by atoms with E-state index in [9.17, 15) is 14.9 Å². The Hall–Kier alpha value is -3.88. The lowest BCUT2D eigenvalue weighted by Gasteiger charge is -2.42. The third-order valence-electron chi connectivity index (χ3n) is 6.77. The Morgan fingerprint density at radius 2 is 2.05 bits per heavy atom. The van der Waals surface area contributed by atoms with Crippen LogP contribution in [0.5, 0.6) is 0 Å². The molecule has 200 valence electrons. The van der Waals surface area contributed by atoms with Crippen molar-refractivity contribution in [2.75, 3.05) is 16.0 Å². The first-order chi connectivity index (χ1) is 18.7. The van der Waals surface area contributed by atoms with Crippen LogP contribution < -0.4 is 16.0 Å². The molecule has 0 radical (unpaired) electrons. The highest BCUT2D eigenvalue weighted by Crippen LogP contribution is 2.50. The van der Waals surface area contributed by atoms with Crippen molar-refractivity contribution >= 4 is 45.6 Å². The molecule has 1 aliphatic carbocycles. The van der Waals surface area contributed by atoms with Crippen LogP contribution in [0.1, 0.15) is 50.9 Å². The number of nitrogens with two attached hydrogens (primary N) is 1. The van der Waals surface area contributed by atoms with Crippen LogP contribution in [0.4, 0.5) is 10.8 Å². The number of rotatable bonds is 7. The second-order valence-corrected chi connectivity index (χ2v) is 12.4. The van der Waals surface area contributed by atoms with E-state index >= 15 is 0 Å². The molecular formula is C28H28N6O3S2. The molecule has 0 fully saturated rings. The maximum absolute atomic E-state index is 13.5. The van der Waals surface area contributed by atoms with E-state index < -0.39 is 5.92 Å². The van der Waals surface area contributed by atoms with Crippen LogP contribution in [0, 0.1) is 16.7 Å². The molecule has 39 heavy (non-hydrogen) atoms. The van der Waals surface area contributed by atoms with Crippen LogP contribution in [0.15, 0.2) is 74.1 Å². The number of aryl methyl sites for hydroxylation is 1. The molecule has 0 saturated carbocycles. The molecule has 0 saturated heterocycles. The van der Waals surface area contributed by atoms with Gasteiger partial charge in [0, 0.05) is 23.4 Å².